The number of halogens is 1. The second kappa shape index (κ2) is 7.80. The number of amides is 2. The van der Waals surface area contributed by atoms with Crippen LogP contribution in [0.5, 0.6) is 0 Å². The number of hydrogen-bond donors (Lipinski definition) is 1. The van der Waals surface area contributed by atoms with Gasteiger partial charge in [0, 0.05) is 29.6 Å². The standard InChI is InChI=1S/C21H23FN2O2S/c22-16-5-7-17(8-6-16)23-20(25)14-4-9-18-15(12-14)13-19(27-18)21(26)24-10-2-1-3-11-24/h5-8,13-14H,1-4,9-12H2,(H,23,25). The molecule has 1 N–H and O–H groups in total. The topological polar surface area (TPSA) is 49.4 Å². The fraction of sp³-hybridized carbons (Fsp3) is 0.429. The molecule has 1 unspecified atom stereocenters. The first-order valence-electron chi connectivity index (χ1n) is 9.57. The highest BCUT2D eigenvalue weighted by molar-refractivity contribution is 7.14. The maximum Gasteiger partial charge on any atom is 0.263 e. The molecule has 6 heteroatoms. The van der Waals surface area contributed by atoms with Gasteiger partial charge in [-0.05, 0) is 74.4 Å². The molecule has 1 aromatic heterocycles. The lowest BCUT2D eigenvalue weighted by molar-refractivity contribution is -0.120. The molecule has 2 heterocycles. The van der Waals surface area contributed by atoms with Gasteiger partial charge < -0.3 is 10.2 Å². The van der Waals surface area contributed by atoms with Gasteiger partial charge in [-0.25, -0.2) is 4.39 Å². The number of anilines is 1. The van der Waals surface area contributed by atoms with Crippen molar-refractivity contribution in [1.82, 2.24) is 4.90 Å². The zero-order valence-corrected chi connectivity index (χ0v) is 16.0. The molecule has 0 radical (unpaired) electrons. The molecule has 0 spiro atoms. The molecule has 1 aromatic carbocycles. The number of benzene rings is 1. The largest absolute Gasteiger partial charge is 0.338 e. The first-order valence-corrected chi connectivity index (χ1v) is 10.4. The molecule has 27 heavy (non-hydrogen) atoms. The Labute approximate surface area is 162 Å². The zero-order valence-electron chi connectivity index (χ0n) is 15.2. The van der Waals surface area contributed by atoms with Crippen molar-refractivity contribution in [2.45, 2.75) is 38.5 Å². The summed E-state index contributed by atoms with van der Waals surface area (Å²) in [5, 5.41) is 2.87. The normalized spacial score (nSPS) is 19.4. The van der Waals surface area contributed by atoms with Gasteiger partial charge in [0.1, 0.15) is 5.82 Å². The van der Waals surface area contributed by atoms with Crippen LogP contribution in [0.1, 0.15) is 45.8 Å². The van der Waals surface area contributed by atoms with Crippen molar-refractivity contribution in [2.75, 3.05) is 18.4 Å². The summed E-state index contributed by atoms with van der Waals surface area (Å²) in [6.45, 7) is 1.70. The van der Waals surface area contributed by atoms with Crippen LogP contribution in [-0.2, 0) is 17.6 Å². The van der Waals surface area contributed by atoms with E-state index in [9.17, 15) is 14.0 Å². The molecule has 142 valence electrons. The van der Waals surface area contributed by atoms with E-state index in [0.29, 0.717) is 12.1 Å². The Bertz CT molecular complexity index is 840. The van der Waals surface area contributed by atoms with Crippen molar-refractivity contribution in [2.24, 2.45) is 5.92 Å². The van der Waals surface area contributed by atoms with Crippen molar-refractivity contribution in [3.8, 4) is 0 Å². The van der Waals surface area contributed by atoms with Gasteiger partial charge >= 0.3 is 0 Å². The molecular weight excluding hydrogens is 363 g/mol. The lowest BCUT2D eigenvalue weighted by atomic mass is 9.87. The van der Waals surface area contributed by atoms with E-state index in [4.69, 9.17) is 0 Å². The van der Waals surface area contributed by atoms with E-state index in [2.05, 4.69) is 5.32 Å². The number of nitrogens with zero attached hydrogens (tertiary/aromatic N) is 1. The predicted molar refractivity (Wildman–Crippen MR) is 105 cm³/mol. The fourth-order valence-electron chi connectivity index (χ4n) is 3.88. The quantitative estimate of drug-likeness (QED) is 0.857. The van der Waals surface area contributed by atoms with Crippen LogP contribution in [0, 0.1) is 11.7 Å². The van der Waals surface area contributed by atoms with E-state index in [-0.39, 0.29) is 23.5 Å². The Balaban J connectivity index is 1.42. The number of piperidine rings is 1. The highest BCUT2D eigenvalue weighted by Gasteiger charge is 2.29. The van der Waals surface area contributed by atoms with Crippen LogP contribution in [0.4, 0.5) is 10.1 Å². The van der Waals surface area contributed by atoms with Gasteiger partial charge in [-0.1, -0.05) is 0 Å². The molecule has 2 aromatic rings. The first-order chi connectivity index (χ1) is 13.1. The van der Waals surface area contributed by atoms with E-state index >= 15 is 0 Å². The Morgan fingerprint density at radius 3 is 2.59 bits per heavy atom. The minimum Gasteiger partial charge on any atom is -0.338 e. The SMILES string of the molecule is O=C(Nc1ccc(F)cc1)C1CCc2sc(C(=O)N3CCCCC3)cc2C1. The number of hydrogen-bond acceptors (Lipinski definition) is 3. The third-order valence-corrected chi connectivity index (χ3v) is 6.64. The molecule has 1 aliphatic heterocycles. The van der Waals surface area contributed by atoms with Crippen molar-refractivity contribution in [3.63, 3.8) is 0 Å². The molecular formula is C21H23FN2O2S. The number of rotatable bonds is 3. The Kier molecular flexibility index (Phi) is 5.25. The molecule has 0 bridgehead atoms. The lowest BCUT2D eigenvalue weighted by Gasteiger charge is -2.26. The van der Waals surface area contributed by atoms with Gasteiger partial charge in [0.05, 0.1) is 4.88 Å². The molecule has 2 aliphatic rings. The van der Waals surface area contributed by atoms with Crippen LogP contribution in [-0.4, -0.2) is 29.8 Å². The minimum atomic E-state index is -0.320. The molecule has 1 saturated heterocycles. The summed E-state index contributed by atoms with van der Waals surface area (Å²) < 4.78 is 13.0. The van der Waals surface area contributed by atoms with Crippen molar-refractivity contribution < 1.29 is 14.0 Å². The lowest BCUT2D eigenvalue weighted by Crippen LogP contribution is -2.35. The first kappa shape index (κ1) is 18.2. The van der Waals surface area contributed by atoms with E-state index in [1.165, 1.54) is 23.4 Å². The summed E-state index contributed by atoms with van der Waals surface area (Å²) in [5.41, 5.74) is 1.74. The Morgan fingerprint density at radius 1 is 1.11 bits per heavy atom. The summed E-state index contributed by atoms with van der Waals surface area (Å²) in [5.74, 6) is -0.335. The second-order valence-corrected chi connectivity index (χ2v) is 8.48. The third-order valence-electron chi connectivity index (χ3n) is 5.42. The van der Waals surface area contributed by atoms with Gasteiger partial charge in [-0.15, -0.1) is 11.3 Å². The zero-order chi connectivity index (χ0) is 18.8. The third kappa shape index (κ3) is 4.05. The summed E-state index contributed by atoms with van der Waals surface area (Å²) in [7, 11) is 0. The van der Waals surface area contributed by atoms with E-state index < -0.39 is 0 Å². The average Bonchev–Trinajstić information content (AvgIpc) is 3.13. The molecule has 2 amide bonds. The molecule has 1 aliphatic carbocycles. The molecule has 0 saturated carbocycles. The van der Waals surface area contributed by atoms with Crippen LogP contribution >= 0.6 is 11.3 Å². The summed E-state index contributed by atoms with van der Waals surface area (Å²) in [6.07, 6.45) is 5.64. The fourth-order valence-corrected chi connectivity index (χ4v) is 5.06. The maximum atomic E-state index is 13.0. The van der Waals surface area contributed by atoms with Gasteiger partial charge in [-0.3, -0.25) is 9.59 Å². The van der Waals surface area contributed by atoms with Crippen LogP contribution in [0.3, 0.4) is 0 Å². The molecule has 4 nitrogen and oxygen atoms in total. The Morgan fingerprint density at radius 2 is 1.85 bits per heavy atom. The number of carbonyl (C=O) groups excluding carboxylic acids is 2. The molecule has 1 fully saturated rings. The number of thiophene rings is 1. The van der Waals surface area contributed by atoms with Crippen molar-refractivity contribution >= 4 is 28.8 Å². The van der Waals surface area contributed by atoms with Crippen molar-refractivity contribution in [3.05, 3.63) is 51.5 Å². The summed E-state index contributed by atoms with van der Waals surface area (Å²) in [6, 6.07) is 7.81. The number of fused-ring (bicyclic) bond motifs is 1. The summed E-state index contributed by atoms with van der Waals surface area (Å²) in [4.78, 5) is 29.3. The number of likely N-dealkylation sites (tertiary alicyclic amines) is 1. The highest BCUT2D eigenvalue weighted by Crippen LogP contribution is 2.34. The van der Waals surface area contributed by atoms with Crippen LogP contribution in [0.2, 0.25) is 0 Å². The molecule has 4 rings (SSSR count). The van der Waals surface area contributed by atoms with Gasteiger partial charge in [0.2, 0.25) is 5.91 Å². The summed E-state index contributed by atoms with van der Waals surface area (Å²) >= 11 is 1.59. The number of aryl methyl sites for hydroxylation is 1. The van der Waals surface area contributed by atoms with E-state index in [1.54, 1.807) is 23.5 Å². The van der Waals surface area contributed by atoms with E-state index in [1.807, 2.05) is 11.0 Å². The highest BCUT2D eigenvalue weighted by atomic mass is 32.1. The molecule has 1 atom stereocenters. The van der Waals surface area contributed by atoms with E-state index in [0.717, 1.165) is 49.2 Å². The monoisotopic (exact) mass is 386 g/mol. The smallest absolute Gasteiger partial charge is 0.263 e. The second-order valence-electron chi connectivity index (χ2n) is 7.35. The maximum absolute atomic E-state index is 13.0. The van der Waals surface area contributed by atoms with Crippen LogP contribution in [0.15, 0.2) is 30.3 Å². The van der Waals surface area contributed by atoms with Gasteiger partial charge in [-0.2, -0.15) is 0 Å². The van der Waals surface area contributed by atoms with Crippen molar-refractivity contribution in [1.29, 1.82) is 0 Å². The van der Waals surface area contributed by atoms with Gasteiger partial charge in [0.25, 0.3) is 5.91 Å². The predicted octanol–water partition coefficient (Wildman–Crippen LogP) is 4.26. The minimum absolute atomic E-state index is 0.0395. The van der Waals surface area contributed by atoms with Crippen LogP contribution in [0.25, 0.3) is 0 Å². The van der Waals surface area contributed by atoms with Gasteiger partial charge in [0.15, 0.2) is 0 Å². The average molecular weight is 386 g/mol. The number of carbonyl (C=O) groups is 2. The number of nitrogens with one attached hydrogen (secondary N) is 1. The Hall–Kier alpha value is -2.21. The van der Waals surface area contributed by atoms with Crippen LogP contribution < -0.4 is 5.32 Å².